The average molecular weight is 601 g/mol. The number of anilines is 3. The van der Waals surface area contributed by atoms with Gasteiger partial charge in [-0.05, 0) is 61.9 Å². The zero-order chi connectivity index (χ0) is 28.2. The molecule has 1 unspecified atom stereocenters. The molecule has 1 aromatic heterocycles. The van der Waals surface area contributed by atoms with E-state index in [1.807, 2.05) is 23.1 Å². The van der Waals surface area contributed by atoms with Crippen LogP contribution in [-0.2, 0) is 22.9 Å². The molecule has 2 aromatic carbocycles. The molecule has 2 fully saturated rings. The summed E-state index contributed by atoms with van der Waals surface area (Å²) in [6.45, 7) is 0.242. The van der Waals surface area contributed by atoms with Gasteiger partial charge >= 0.3 is 5.69 Å². The van der Waals surface area contributed by atoms with E-state index in [1.165, 1.54) is 4.57 Å². The zero-order valence-corrected chi connectivity index (χ0v) is 23.8. The number of rotatable bonds is 6. The quantitative estimate of drug-likeness (QED) is 0.436. The molecule has 3 aromatic rings. The number of hydrogen-bond acceptors (Lipinski definition) is 7. The monoisotopic (exact) mass is 599 g/mol. The van der Waals surface area contributed by atoms with Gasteiger partial charge in [-0.15, -0.1) is 0 Å². The lowest BCUT2D eigenvalue weighted by Crippen LogP contribution is -2.44. The highest BCUT2D eigenvalue weighted by Gasteiger charge is 2.46. The van der Waals surface area contributed by atoms with E-state index in [9.17, 15) is 23.3 Å². The third-order valence-corrected chi connectivity index (χ3v) is 10.5. The second-order valence-corrected chi connectivity index (χ2v) is 14.0. The van der Waals surface area contributed by atoms with Crippen LogP contribution >= 0.6 is 23.2 Å². The Labute approximate surface area is 241 Å². The maximum atomic E-state index is 14.2. The summed E-state index contributed by atoms with van der Waals surface area (Å²) in [5, 5.41) is 14.2. The Morgan fingerprint density at radius 2 is 1.68 bits per heavy atom. The molecule has 2 aliphatic heterocycles. The van der Waals surface area contributed by atoms with Gasteiger partial charge in [0.2, 0.25) is 0 Å². The molecule has 9 nitrogen and oxygen atoms in total. The number of halogens is 2. The number of nitrogens with one attached hydrogen (secondary N) is 1. The third kappa shape index (κ3) is 4.80. The van der Waals surface area contributed by atoms with Crippen molar-refractivity contribution in [3.63, 3.8) is 0 Å². The average Bonchev–Trinajstić information content (AvgIpc) is 3.61. The van der Waals surface area contributed by atoms with Gasteiger partial charge in [-0.2, -0.15) is 5.26 Å². The van der Waals surface area contributed by atoms with Crippen LogP contribution < -0.4 is 21.5 Å². The fourth-order valence-corrected chi connectivity index (χ4v) is 7.57. The van der Waals surface area contributed by atoms with Crippen LogP contribution in [0, 0.1) is 22.7 Å². The van der Waals surface area contributed by atoms with Crippen LogP contribution in [0.25, 0.3) is 0 Å². The minimum atomic E-state index is -3.09. The number of hydrogen-bond donors (Lipinski definition) is 1. The maximum Gasteiger partial charge on any atom is 0.332 e. The number of nitriles is 1. The summed E-state index contributed by atoms with van der Waals surface area (Å²) in [5.74, 6) is 0.421. The summed E-state index contributed by atoms with van der Waals surface area (Å²) in [6, 6.07) is 16.6. The van der Waals surface area contributed by atoms with Crippen LogP contribution in [0.5, 0.6) is 0 Å². The molecule has 3 aliphatic rings. The predicted molar refractivity (Wildman–Crippen MR) is 155 cm³/mol. The topological polar surface area (TPSA) is 117 Å². The number of nitrogens with zero attached hydrogens (tertiary/aromatic N) is 4. The lowest BCUT2D eigenvalue weighted by molar-refractivity contribution is 0.383. The van der Waals surface area contributed by atoms with Crippen molar-refractivity contribution in [2.75, 3.05) is 21.7 Å². The Hall–Kier alpha value is -3.26. The van der Waals surface area contributed by atoms with Gasteiger partial charge in [0.1, 0.15) is 21.8 Å². The number of fused-ring (bicyclic) bond motifs is 1. The molecule has 6 rings (SSSR count). The van der Waals surface area contributed by atoms with Crippen molar-refractivity contribution in [2.24, 2.45) is 11.3 Å². The minimum absolute atomic E-state index is 0.00128. The molecule has 1 N–H and O–H groups in total. The van der Waals surface area contributed by atoms with Crippen molar-refractivity contribution < 1.29 is 8.42 Å². The molecule has 1 saturated heterocycles. The highest BCUT2D eigenvalue weighted by molar-refractivity contribution is 7.91. The third-order valence-electron chi connectivity index (χ3n) is 8.15. The first kappa shape index (κ1) is 26.9. The molecule has 208 valence electrons. The molecule has 3 heterocycles. The second-order valence-electron chi connectivity index (χ2n) is 10.9. The molecule has 0 spiro atoms. The van der Waals surface area contributed by atoms with E-state index in [-0.39, 0.29) is 36.2 Å². The van der Waals surface area contributed by atoms with Crippen LogP contribution in [0.1, 0.15) is 37.4 Å². The highest BCUT2D eigenvalue weighted by atomic mass is 35.5. The van der Waals surface area contributed by atoms with E-state index in [0.29, 0.717) is 52.8 Å². The lowest BCUT2D eigenvalue weighted by Gasteiger charge is -2.27. The number of aromatic nitrogens is 2. The van der Waals surface area contributed by atoms with E-state index < -0.39 is 32.7 Å². The second kappa shape index (κ2) is 9.98. The molecule has 0 radical (unpaired) electrons. The highest BCUT2D eigenvalue weighted by Crippen LogP contribution is 2.48. The van der Waals surface area contributed by atoms with Gasteiger partial charge in [-0.25, -0.2) is 13.2 Å². The molecular weight excluding hydrogens is 573 g/mol. The van der Waals surface area contributed by atoms with Gasteiger partial charge in [0.15, 0.2) is 5.69 Å². The van der Waals surface area contributed by atoms with E-state index >= 15 is 0 Å². The fraction of sp³-hybridized carbons (Fsp3) is 0.393. The summed E-state index contributed by atoms with van der Waals surface area (Å²) < 4.78 is 26.9. The fourth-order valence-electron chi connectivity index (χ4n) is 5.61. The summed E-state index contributed by atoms with van der Waals surface area (Å²) in [4.78, 5) is 29.9. The van der Waals surface area contributed by atoms with Crippen molar-refractivity contribution in [3.05, 3.63) is 85.0 Å². The number of sulfone groups is 1. The van der Waals surface area contributed by atoms with E-state index in [1.54, 1.807) is 34.9 Å². The zero-order valence-electron chi connectivity index (χ0n) is 21.5. The summed E-state index contributed by atoms with van der Waals surface area (Å²) in [7, 11) is -3.09. The molecule has 1 atom stereocenters. The van der Waals surface area contributed by atoms with Gasteiger partial charge < -0.3 is 10.2 Å². The molecule has 1 aliphatic carbocycles. The molecule has 0 bridgehead atoms. The van der Waals surface area contributed by atoms with Crippen molar-refractivity contribution in [2.45, 2.75) is 44.9 Å². The Morgan fingerprint density at radius 3 is 2.30 bits per heavy atom. The summed E-state index contributed by atoms with van der Waals surface area (Å²) >= 11 is 12.8. The van der Waals surface area contributed by atoms with Gasteiger partial charge in [0.05, 0.1) is 23.0 Å². The normalized spacial score (nSPS) is 20.9. The first-order valence-electron chi connectivity index (χ1n) is 13.2. The van der Waals surface area contributed by atoms with Crippen LogP contribution in [0.3, 0.4) is 0 Å². The van der Waals surface area contributed by atoms with Crippen molar-refractivity contribution in [3.8, 4) is 6.07 Å². The molecule has 12 heteroatoms. The minimum Gasteiger partial charge on any atom is -0.345 e. The first-order valence-corrected chi connectivity index (χ1v) is 15.7. The number of benzene rings is 2. The van der Waals surface area contributed by atoms with Crippen molar-refractivity contribution >= 4 is 50.2 Å². The van der Waals surface area contributed by atoms with Crippen LogP contribution in [0.2, 0.25) is 10.0 Å². The smallest absolute Gasteiger partial charge is 0.332 e. The molecular formula is C28H27Cl2N5O4S. The van der Waals surface area contributed by atoms with Gasteiger partial charge in [-0.3, -0.25) is 13.9 Å². The standard InChI is InChI=1S/C28H27Cl2N5O4S/c29-19-5-7-20(8-6-19)35-23-25(32-24(35)21-3-1-2-4-22(21)30)33(15-18-9-13-40(38,39)14-10-18)27(37)34(26(23)36)17-28(16-31)11-12-28/h1-8,18,24,32H,9-15,17H2. The molecule has 1 saturated carbocycles. The van der Waals surface area contributed by atoms with Crippen LogP contribution in [-0.4, -0.2) is 29.1 Å². The Kier molecular flexibility index (Phi) is 6.72. The Morgan fingerprint density at radius 1 is 1.00 bits per heavy atom. The van der Waals surface area contributed by atoms with E-state index in [2.05, 4.69) is 11.4 Å². The molecule has 40 heavy (non-hydrogen) atoms. The predicted octanol–water partition coefficient (Wildman–Crippen LogP) is 4.71. The first-order chi connectivity index (χ1) is 19.1. The lowest BCUT2D eigenvalue weighted by atomic mass is 10.0. The molecule has 0 amide bonds. The van der Waals surface area contributed by atoms with Crippen LogP contribution in [0.15, 0.2) is 58.1 Å². The SMILES string of the molecule is N#CC1(Cn2c(=O)c3c(n(CC4CCS(=O)(=O)CC4)c2=O)NC(c2ccccc2Cl)N3c2ccc(Cl)cc2)CC1. The van der Waals surface area contributed by atoms with E-state index in [4.69, 9.17) is 23.2 Å². The Bertz CT molecular complexity index is 1740. The van der Waals surface area contributed by atoms with Gasteiger partial charge in [-0.1, -0.05) is 41.4 Å². The maximum absolute atomic E-state index is 14.2. The van der Waals surface area contributed by atoms with Crippen molar-refractivity contribution in [1.29, 1.82) is 5.26 Å². The largest absolute Gasteiger partial charge is 0.345 e. The van der Waals surface area contributed by atoms with Gasteiger partial charge in [0, 0.05) is 34.4 Å². The summed E-state index contributed by atoms with van der Waals surface area (Å²) in [5.41, 5.74) is -0.112. The van der Waals surface area contributed by atoms with Crippen molar-refractivity contribution in [1.82, 2.24) is 9.13 Å². The van der Waals surface area contributed by atoms with E-state index in [0.717, 1.165) is 0 Å². The Balaban J connectivity index is 1.55. The summed E-state index contributed by atoms with van der Waals surface area (Å²) in [6.07, 6.45) is 1.48. The van der Waals surface area contributed by atoms with Gasteiger partial charge in [0.25, 0.3) is 5.56 Å². The van der Waals surface area contributed by atoms with Crippen LogP contribution in [0.4, 0.5) is 17.2 Å².